The quantitative estimate of drug-likeness (QED) is 0.820. The standard InChI is InChI=1S/C20H23NO5S/c1-27(23,24)19-7-4-5-15(13-19)20(22)21-16-8-10-17(11-9-16)26-14-18-6-2-3-12-25-18/h4-5,7-11,13,18H,2-3,6,12,14H2,1H3,(H,21,22). The summed E-state index contributed by atoms with van der Waals surface area (Å²) in [7, 11) is -3.36. The molecule has 1 amide bonds. The Morgan fingerprint density at radius 3 is 2.63 bits per heavy atom. The molecule has 7 heteroatoms. The number of carbonyl (C=O) groups excluding carboxylic acids is 1. The molecule has 1 atom stereocenters. The van der Waals surface area contributed by atoms with Crippen molar-refractivity contribution in [3.8, 4) is 5.75 Å². The molecule has 27 heavy (non-hydrogen) atoms. The fourth-order valence-electron chi connectivity index (χ4n) is 2.83. The molecule has 3 rings (SSSR count). The zero-order valence-corrected chi connectivity index (χ0v) is 16.0. The summed E-state index contributed by atoms with van der Waals surface area (Å²) < 4.78 is 34.6. The second kappa shape index (κ2) is 8.54. The van der Waals surface area contributed by atoms with Crippen molar-refractivity contribution in [2.75, 3.05) is 24.8 Å². The van der Waals surface area contributed by atoms with Gasteiger partial charge in [-0.05, 0) is 61.7 Å². The molecular formula is C20H23NO5S. The van der Waals surface area contributed by atoms with Gasteiger partial charge < -0.3 is 14.8 Å². The first-order valence-corrected chi connectivity index (χ1v) is 10.8. The molecule has 6 nitrogen and oxygen atoms in total. The zero-order chi connectivity index (χ0) is 19.3. The zero-order valence-electron chi connectivity index (χ0n) is 15.2. The highest BCUT2D eigenvalue weighted by atomic mass is 32.2. The van der Waals surface area contributed by atoms with Gasteiger partial charge in [0.05, 0.1) is 11.0 Å². The molecule has 0 aromatic heterocycles. The minimum atomic E-state index is -3.36. The van der Waals surface area contributed by atoms with Crippen LogP contribution in [0.1, 0.15) is 29.6 Å². The minimum absolute atomic E-state index is 0.115. The van der Waals surface area contributed by atoms with Crippen LogP contribution >= 0.6 is 0 Å². The van der Waals surface area contributed by atoms with Gasteiger partial charge in [0.2, 0.25) is 0 Å². The number of ether oxygens (including phenoxy) is 2. The van der Waals surface area contributed by atoms with Gasteiger partial charge in [-0.15, -0.1) is 0 Å². The molecule has 1 aliphatic rings. The summed E-state index contributed by atoms with van der Waals surface area (Å²) in [6.45, 7) is 1.31. The van der Waals surface area contributed by atoms with Crippen molar-refractivity contribution in [2.45, 2.75) is 30.3 Å². The molecule has 0 radical (unpaired) electrons. The van der Waals surface area contributed by atoms with Crippen molar-refractivity contribution < 1.29 is 22.7 Å². The Kier molecular flexibility index (Phi) is 6.13. The van der Waals surface area contributed by atoms with E-state index in [0.717, 1.165) is 25.7 Å². The number of benzene rings is 2. The molecule has 1 fully saturated rings. The number of hydrogen-bond donors (Lipinski definition) is 1. The molecular weight excluding hydrogens is 366 g/mol. The first kappa shape index (κ1) is 19.4. The van der Waals surface area contributed by atoms with Gasteiger partial charge in [-0.3, -0.25) is 4.79 Å². The number of carbonyl (C=O) groups is 1. The van der Waals surface area contributed by atoms with Crippen molar-refractivity contribution in [1.29, 1.82) is 0 Å². The van der Waals surface area contributed by atoms with Crippen LogP contribution < -0.4 is 10.1 Å². The number of amides is 1. The van der Waals surface area contributed by atoms with Crippen LogP contribution in [0.15, 0.2) is 53.4 Å². The fraction of sp³-hybridized carbons (Fsp3) is 0.350. The lowest BCUT2D eigenvalue weighted by molar-refractivity contribution is -0.0110. The molecule has 144 valence electrons. The summed E-state index contributed by atoms with van der Waals surface area (Å²) in [6, 6.07) is 13.0. The summed E-state index contributed by atoms with van der Waals surface area (Å²) in [4.78, 5) is 12.5. The van der Waals surface area contributed by atoms with Crippen LogP contribution in [-0.4, -0.2) is 39.9 Å². The lowest BCUT2D eigenvalue weighted by Crippen LogP contribution is -2.25. The Morgan fingerprint density at radius 2 is 1.96 bits per heavy atom. The van der Waals surface area contributed by atoms with Crippen LogP contribution in [0.2, 0.25) is 0 Å². The summed E-state index contributed by atoms with van der Waals surface area (Å²) >= 11 is 0. The Labute approximate surface area is 159 Å². The van der Waals surface area contributed by atoms with E-state index in [9.17, 15) is 13.2 Å². The van der Waals surface area contributed by atoms with Crippen LogP contribution in [0.3, 0.4) is 0 Å². The molecule has 0 spiro atoms. The van der Waals surface area contributed by atoms with E-state index in [1.54, 1.807) is 36.4 Å². The second-order valence-corrected chi connectivity index (χ2v) is 8.59. The smallest absolute Gasteiger partial charge is 0.255 e. The number of sulfone groups is 1. The number of anilines is 1. The molecule has 1 aliphatic heterocycles. The SMILES string of the molecule is CS(=O)(=O)c1cccc(C(=O)Nc2ccc(OCC3CCCCO3)cc2)c1. The normalized spacial score (nSPS) is 17.3. The highest BCUT2D eigenvalue weighted by Gasteiger charge is 2.15. The Bertz CT molecular complexity index is 887. The van der Waals surface area contributed by atoms with Crippen LogP contribution in [0.25, 0.3) is 0 Å². The van der Waals surface area contributed by atoms with E-state index >= 15 is 0 Å². The van der Waals surface area contributed by atoms with E-state index in [-0.39, 0.29) is 22.5 Å². The van der Waals surface area contributed by atoms with Crippen molar-refractivity contribution in [1.82, 2.24) is 0 Å². The average molecular weight is 389 g/mol. The van der Waals surface area contributed by atoms with E-state index in [0.29, 0.717) is 18.0 Å². The predicted octanol–water partition coefficient (Wildman–Crippen LogP) is 3.29. The van der Waals surface area contributed by atoms with Gasteiger partial charge >= 0.3 is 0 Å². The molecule has 0 aliphatic carbocycles. The maximum atomic E-state index is 12.4. The Morgan fingerprint density at radius 1 is 1.19 bits per heavy atom. The molecule has 1 saturated heterocycles. The van der Waals surface area contributed by atoms with Crippen LogP contribution in [-0.2, 0) is 14.6 Å². The van der Waals surface area contributed by atoms with Gasteiger partial charge in [0.15, 0.2) is 9.84 Å². The third-order valence-corrected chi connectivity index (χ3v) is 5.46. The molecule has 1 unspecified atom stereocenters. The fourth-order valence-corrected chi connectivity index (χ4v) is 3.50. The summed E-state index contributed by atoms with van der Waals surface area (Å²) in [5.41, 5.74) is 0.888. The summed E-state index contributed by atoms with van der Waals surface area (Å²) in [5, 5.41) is 2.76. The first-order valence-electron chi connectivity index (χ1n) is 8.88. The monoisotopic (exact) mass is 389 g/mol. The molecule has 0 bridgehead atoms. The molecule has 0 saturated carbocycles. The second-order valence-electron chi connectivity index (χ2n) is 6.58. The average Bonchev–Trinajstić information content (AvgIpc) is 2.68. The maximum Gasteiger partial charge on any atom is 0.255 e. The van der Waals surface area contributed by atoms with E-state index in [1.807, 2.05) is 0 Å². The van der Waals surface area contributed by atoms with Gasteiger partial charge in [0, 0.05) is 24.1 Å². The van der Waals surface area contributed by atoms with E-state index < -0.39 is 9.84 Å². The Hall–Kier alpha value is -2.38. The van der Waals surface area contributed by atoms with Crippen LogP contribution in [0, 0.1) is 0 Å². The van der Waals surface area contributed by atoms with E-state index in [4.69, 9.17) is 9.47 Å². The van der Waals surface area contributed by atoms with E-state index in [1.165, 1.54) is 18.6 Å². The lowest BCUT2D eigenvalue weighted by atomic mass is 10.1. The molecule has 1 N–H and O–H groups in total. The highest BCUT2D eigenvalue weighted by molar-refractivity contribution is 7.90. The predicted molar refractivity (Wildman–Crippen MR) is 103 cm³/mol. The third-order valence-electron chi connectivity index (χ3n) is 4.35. The van der Waals surface area contributed by atoms with Gasteiger partial charge in [-0.25, -0.2) is 8.42 Å². The van der Waals surface area contributed by atoms with Crippen molar-refractivity contribution in [2.24, 2.45) is 0 Å². The van der Waals surface area contributed by atoms with Gasteiger partial charge in [0.1, 0.15) is 12.4 Å². The van der Waals surface area contributed by atoms with Gasteiger partial charge in [0.25, 0.3) is 5.91 Å². The number of hydrogen-bond acceptors (Lipinski definition) is 5. The summed E-state index contributed by atoms with van der Waals surface area (Å²) in [5.74, 6) is 0.339. The van der Waals surface area contributed by atoms with Gasteiger partial charge in [-0.2, -0.15) is 0 Å². The molecule has 1 heterocycles. The Balaban J connectivity index is 1.58. The minimum Gasteiger partial charge on any atom is -0.491 e. The number of nitrogens with one attached hydrogen (secondary N) is 1. The topological polar surface area (TPSA) is 81.7 Å². The summed E-state index contributed by atoms with van der Waals surface area (Å²) in [6.07, 6.45) is 4.54. The first-order chi connectivity index (χ1) is 12.9. The van der Waals surface area contributed by atoms with Crippen LogP contribution in [0.5, 0.6) is 5.75 Å². The van der Waals surface area contributed by atoms with Crippen molar-refractivity contribution in [3.05, 3.63) is 54.1 Å². The van der Waals surface area contributed by atoms with E-state index in [2.05, 4.69) is 5.32 Å². The largest absolute Gasteiger partial charge is 0.491 e. The van der Waals surface area contributed by atoms with Gasteiger partial charge in [-0.1, -0.05) is 6.07 Å². The third kappa shape index (κ3) is 5.55. The lowest BCUT2D eigenvalue weighted by Gasteiger charge is -2.22. The van der Waals surface area contributed by atoms with Crippen LogP contribution in [0.4, 0.5) is 5.69 Å². The highest BCUT2D eigenvalue weighted by Crippen LogP contribution is 2.19. The maximum absolute atomic E-state index is 12.4. The molecule has 2 aromatic carbocycles. The van der Waals surface area contributed by atoms with Crippen molar-refractivity contribution >= 4 is 21.4 Å². The molecule has 2 aromatic rings. The number of rotatable bonds is 6. The van der Waals surface area contributed by atoms with Crippen molar-refractivity contribution in [3.63, 3.8) is 0 Å².